The van der Waals surface area contributed by atoms with Crippen LogP contribution in [-0.4, -0.2) is 16.8 Å². The predicted molar refractivity (Wildman–Crippen MR) is 144 cm³/mol. The third kappa shape index (κ3) is 7.79. The van der Waals surface area contributed by atoms with E-state index in [0.717, 1.165) is 0 Å². The van der Waals surface area contributed by atoms with Crippen molar-refractivity contribution in [3.05, 3.63) is 120 Å². The maximum atomic E-state index is 12.6. The zero-order valence-electron chi connectivity index (χ0n) is 18.9. The Balaban J connectivity index is 1.46. The van der Waals surface area contributed by atoms with Gasteiger partial charge in [-0.15, -0.1) is 0 Å². The summed E-state index contributed by atoms with van der Waals surface area (Å²) in [6, 6.07) is 31.1. The maximum absolute atomic E-state index is 12.6. The highest BCUT2D eigenvalue weighted by Gasteiger charge is 2.19. The molecule has 4 aromatic rings. The van der Waals surface area contributed by atoms with E-state index in [2.05, 4.69) is 0 Å². The highest BCUT2D eigenvalue weighted by atomic mass is 33.1. The number of rotatable bonds is 11. The van der Waals surface area contributed by atoms with Crippen LogP contribution in [0.15, 0.2) is 119 Å². The molecular formula is C26H22O6S4. The first-order chi connectivity index (χ1) is 17.3. The quantitative estimate of drug-likeness (QED) is 0.157. The van der Waals surface area contributed by atoms with Gasteiger partial charge < -0.3 is 8.37 Å². The van der Waals surface area contributed by atoms with E-state index in [4.69, 9.17) is 8.37 Å². The number of hydrogen-bond donors (Lipinski definition) is 0. The molecule has 0 aliphatic rings. The fourth-order valence-electron chi connectivity index (χ4n) is 3.15. The van der Waals surface area contributed by atoms with Gasteiger partial charge in [0, 0.05) is 0 Å². The monoisotopic (exact) mass is 558 g/mol. The standard InChI is InChI=1S/C26H22O6S4/c27-35(28,19-21-11-3-1-4-12-21)31-23-15-7-9-17-25(23)33-34-26-18-10-8-16-24(26)32-36(29,30)20-22-13-5-2-6-14-22/h1-18H,19-20H2. The topological polar surface area (TPSA) is 86.7 Å². The third-order valence-electron chi connectivity index (χ3n) is 4.73. The van der Waals surface area contributed by atoms with E-state index in [1.165, 1.54) is 21.6 Å². The van der Waals surface area contributed by atoms with E-state index in [-0.39, 0.29) is 23.0 Å². The maximum Gasteiger partial charge on any atom is 0.313 e. The van der Waals surface area contributed by atoms with Crippen LogP contribution in [0.3, 0.4) is 0 Å². The van der Waals surface area contributed by atoms with Gasteiger partial charge in [0.1, 0.15) is 11.5 Å². The molecule has 0 N–H and O–H groups in total. The lowest BCUT2D eigenvalue weighted by Crippen LogP contribution is -2.12. The van der Waals surface area contributed by atoms with Crippen LogP contribution in [0.25, 0.3) is 0 Å². The second-order valence-corrected chi connectivity index (χ2v) is 13.0. The van der Waals surface area contributed by atoms with Crippen LogP contribution in [0.1, 0.15) is 11.1 Å². The van der Waals surface area contributed by atoms with Crippen LogP contribution in [0.4, 0.5) is 0 Å². The van der Waals surface area contributed by atoms with Gasteiger partial charge >= 0.3 is 20.2 Å². The van der Waals surface area contributed by atoms with Crippen molar-refractivity contribution in [3.8, 4) is 11.5 Å². The molecule has 0 unspecified atom stereocenters. The van der Waals surface area contributed by atoms with Gasteiger partial charge in [0.2, 0.25) is 0 Å². The number of hydrogen-bond acceptors (Lipinski definition) is 8. The lowest BCUT2D eigenvalue weighted by molar-refractivity contribution is 0.477. The van der Waals surface area contributed by atoms with E-state index in [1.807, 2.05) is 12.1 Å². The van der Waals surface area contributed by atoms with Crippen molar-refractivity contribution in [2.75, 3.05) is 0 Å². The van der Waals surface area contributed by atoms with Crippen LogP contribution in [0.5, 0.6) is 11.5 Å². The van der Waals surface area contributed by atoms with Gasteiger partial charge in [0.05, 0.1) is 9.79 Å². The molecule has 4 rings (SSSR count). The van der Waals surface area contributed by atoms with Crippen molar-refractivity contribution in [3.63, 3.8) is 0 Å². The smallest absolute Gasteiger partial charge is 0.313 e. The van der Waals surface area contributed by atoms with E-state index in [0.29, 0.717) is 20.9 Å². The molecule has 0 atom stereocenters. The molecule has 0 aliphatic heterocycles. The van der Waals surface area contributed by atoms with Crippen LogP contribution < -0.4 is 8.37 Å². The molecule has 6 nitrogen and oxygen atoms in total. The summed E-state index contributed by atoms with van der Waals surface area (Å²) >= 11 is 0. The van der Waals surface area contributed by atoms with Crippen LogP contribution in [0.2, 0.25) is 0 Å². The highest BCUT2D eigenvalue weighted by Crippen LogP contribution is 2.45. The zero-order chi connectivity index (χ0) is 25.4. The van der Waals surface area contributed by atoms with Crippen molar-refractivity contribution in [2.45, 2.75) is 21.3 Å². The van der Waals surface area contributed by atoms with Gasteiger partial charge in [0.25, 0.3) is 0 Å². The molecule has 0 bridgehead atoms. The average molecular weight is 559 g/mol. The Morgan fingerprint density at radius 3 is 1.19 bits per heavy atom. The number of para-hydroxylation sites is 2. The number of benzene rings is 4. The van der Waals surface area contributed by atoms with Gasteiger partial charge in [-0.25, -0.2) is 0 Å². The zero-order valence-corrected chi connectivity index (χ0v) is 22.2. The summed E-state index contributed by atoms with van der Waals surface area (Å²) in [6.07, 6.45) is 0. The molecule has 4 aromatic carbocycles. The molecule has 0 aromatic heterocycles. The summed E-state index contributed by atoms with van der Waals surface area (Å²) in [5, 5.41) is 0. The molecule has 0 radical (unpaired) electrons. The SMILES string of the molecule is O=S(=O)(Cc1ccccc1)Oc1ccccc1SSc1ccccc1OS(=O)(=O)Cc1ccccc1. The third-order valence-corrected chi connectivity index (χ3v) is 9.41. The molecule has 0 saturated heterocycles. The minimum Gasteiger partial charge on any atom is -0.381 e. The molecule has 186 valence electrons. The molecule has 36 heavy (non-hydrogen) atoms. The Bertz CT molecular complexity index is 1390. The van der Waals surface area contributed by atoms with Crippen molar-refractivity contribution >= 4 is 41.8 Å². The first kappa shape index (κ1) is 26.2. The normalized spacial score (nSPS) is 11.7. The van der Waals surface area contributed by atoms with Gasteiger partial charge in [-0.1, -0.05) is 84.9 Å². The Kier molecular flexibility index (Phi) is 8.63. The lowest BCUT2D eigenvalue weighted by Gasteiger charge is -2.13. The van der Waals surface area contributed by atoms with E-state index in [9.17, 15) is 16.8 Å². The molecule has 0 aliphatic carbocycles. The highest BCUT2D eigenvalue weighted by molar-refractivity contribution is 8.76. The van der Waals surface area contributed by atoms with E-state index in [1.54, 1.807) is 97.1 Å². The van der Waals surface area contributed by atoms with E-state index < -0.39 is 20.2 Å². The van der Waals surface area contributed by atoms with Gasteiger partial charge in [-0.2, -0.15) is 16.8 Å². The van der Waals surface area contributed by atoms with Crippen LogP contribution in [-0.2, 0) is 31.7 Å². The van der Waals surface area contributed by atoms with Gasteiger partial charge in [0.15, 0.2) is 11.5 Å². The lowest BCUT2D eigenvalue weighted by atomic mass is 10.2. The fourth-order valence-corrected chi connectivity index (χ4v) is 7.61. The average Bonchev–Trinajstić information content (AvgIpc) is 2.84. The van der Waals surface area contributed by atoms with Gasteiger partial charge in [-0.3, -0.25) is 0 Å². The Hall–Kier alpha value is -2.92. The molecule has 0 amide bonds. The first-order valence-electron chi connectivity index (χ1n) is 10.7. The summed E-state index contributed by atoms with van der Waals surface area (Å²) < 4.78 is 61.4. The molecule has 0 saturated carbocycles. The van der Waals surface area contributed by atoms with E-state index >= 15 is 0 Å². The Morgan fingerprint density at radius 2 is 0.806 bits per heavy atom. The molecule has 10 heteroatoms. The Morgan fingerprint density at radius 1 is 0.472 bits per heavy atom. The summed E-state index contributed by atoms with van der Waals surface area (Å²) in [7, 11) is -5.28. The van der Waals surface area contributed by atoms with Crippen molar-refractivity contribution in [1.82, 2.24) is 0 Å². The van der Waals surface area contributed by atoms with Crippen molar-refractivity contribution < 1.29 is 25.2 Å². The predicted octanol–water partition coefficient (Wildman–Crippen LogP) is 6.30. The minimum atomic E-state index is -3.88. The molecule has 0 heterocycles. The summed E-state index contributed by atoms with van der Waals surface area (Å²) in [5.41, 5.74) is 1.25. The fraction of sp³-hybridized carbons (Fsp3) is 0.0769. The molecule has 0 fully saturated rings. The summed E-state index contributed by atoms with van der Waals surface area (Å²) in [6.45, 7) is 0. The van der Waals surface area contributed by atoms with Gasteiger partial charge in [-0.05, 0) is 57.0 Å². The second kappa shape index (κ2) is 11.9. The van der Waals surface area contributed by atoms with Crippen LogP contribution >= 0.6 is 21.6 Å². The summed E-state index contributed by atoms with van der Waals surface area (Å²) in [4.78, 5) is 1.14. The molecule has 0 spiro atoms. The first-order valence-corrected chi connectivity index (χ1v) is 16.0. The minimum absolute atomic E-state index is 0.195. The summed E-state index contributed by atoms with van der Waals surface area (Å²) in [5.74, 6) is -0.117. The molecular weight excluding hydrogens is 537 g/mol. The van der Waals surface area contributed by atoms with Crippen molar-refractivity contribution in [2.24, 2.45) is 0 Å². The second-order valence-electron chi connectivity index (χ2n) is 7.60. The largest absolute Gasteiger partial charge is 0.381 e. The van der Waals surface area contributed by atoms with Crippen LogP contribution in [0, 0.1) is 0 Å². The van der Waals surface area contributed by atoms with Crippen molar-refractivity contribution in [1.29, 1.82) is 0 Å². The Labute approximate surface area is 219 Å².